The van der Waals surface area contributed by atoms with Gasteiger partial charge in [0.2, 0.25) is 0 Å². The summed E-state index contributed by atoms with van der Waals surface area (Å²) >= 11 is 1.54. The van der Waals surface area contributed by atoms with E-state index in [1.807, 2.05) is 16.8 Å². The molecule has 1 amide bonds. The second kappa shape index (κ2) is 5.59. The number of hydrogen-bond donors (Lipinski definition) is 1. The topological polar surface area (TPSA) is 38.3 Å². The van der Waals surface area contributed by atoms with Crippen LogP contribution in [0.25, 0.3) is 0 Å². The highest BCUT2D eigenvalue weighted by atomic mass is 32.1. The molecule has 0 saturated carbocycles. The van der Waals surface area contributed by atoms with Crippen LogP contribution < -0.4 is 5.32 Å². The average molecular weight is 199 g/mol. The quantitative estimate of drug-likeness (QED) is 0.757. The van der Waals surface area contributed by atoms with Crippen molar-refractivity contribution >= 4 is 23.1 Å². The molecule has 0 aliphatic carbocycles. The number of carbonyl (C=O) groups is 1. The lowest BCUT2D eigenvalue weighted by atomic mass is 10.4. The Morgan fingerprint density at radius 3 is 3.15 bits per heavy atom. The highest BCUT2D eigenvalue weighted by Crippen LogP contribution is 2.11. The maximum absolute atomic E-state index is 11.1. The van der Waals surface area contributed by atoms with Crippen LogP contribution in [0.15, 0.2) is 16.8 Å². The lowest BCUT2D eigenvalue weighted by Gasteiger charge is -2.03. The van der Waals surface area contributed by atoms with Crippen molar-refractivity contribution in [1.29, 1.82) is 0 Å². The van der Waals surface area contributed by atoms with E-state index in [9.17, 15) is 4.79 Å². The van der Waals surface area contributed by atoms with Crippen molar-refractivity contribution in [3.8, 4) is 0 Å². The van der Waals surface area contributed by atoms with Gasteiger partial charge >= 0.3 is 6.09 Å². The molecule has 0 saturated heterocycles. The first kappa shape index (κ1) is 10.1. The van der Waals surface area contributed by atoms with Crippen LogP contribution in [-0.2, 0) is 4.74 Å². The van der Waals surface area contributed by atoms with Gasteiger partial charge in [0, 0.05) is 5.38 Å². The van der Waals surface area contributed by atoms with E-state index in [-0.39, 0.29) is 6.09 Å². The molecule has 1 heterocycles. The van der Waals surface area contributed by atoms with Gasteiger partial charge in [0.15, 0.2) is 0 Å². The number of ether oxygens (including phenoxy) is 1. The standard InChI is InChI=1S/C9H13NO2S/c1-2-3-5-12-9(11)10-8-4-6-13-7-8/h4,6-7H,2-3,5H2,1H3,(H,10,11). The molecule has 0 spiro atoms. The monoisotopic (exact) mass is 199 g/mol. The molecular weight excluding hydrogens is 186 g/mol. The molecule has 72 valence electrons. The van der Waals surface area contributed by atoms with Gasteiger partial charge in [-0.2, -0.15) is 11.3 Å². The number of rotatable bonds is 4. The van der Waals surface area contributed by atoms with Crippen molar-refractivity contribution in [1.82, 2.24) is 0 Å². The third kappa shape index (κ3) is 3.94. The smallest absolute Gasteiger partial charge is 0.411 e. The third-order valence-corrected chi connectivity index (χ3v) is 2.18. The van der Waals surface area contributed by atoms with Crippen molar-refractivity contribution < 1.29 is 9.53 Å². The van der Waals surface area contributed by atoms with E-state index in [0.717, 1.165) is 18.5 Å². The summed E-state index contributed by atoms with van der Waals surface area (Å²) in [6.45, 7) is 2.55. The molecule has 1 aromatic rings. The Balaban J connectivity index is 2.18. The van der Waals surface area contributed by atoms with E-state index >= 15 is 0 Å². The molecule has 4 heteroatoms. The summed E-state index contributed by atoms with van der Waals surface area (Å²) in [5, 5.41) is 6.40. The molecule has 0 fully saturated rings. The number of nitrogens with one attached hydrogen (secondary N) is 1. The largest absolute Gasteiger partial charge is 0.449 e. The molecule has 0 aliphatic heterocycles. The lowest BCUT2D eigenvalue weighted by Crippen LogP contribution is -2.13. The van der Waals surface area contributed by atoms with E-state index in [4.69, 9.17) is 4.74 Å². The maximum Gasteiger partial charge on any atom is 0.411 e. The molecule has 0 bridgehead atoms. The van der Waals surface area contributed by atoms with Crippen molar-refractivity contribution in [2.75, 3.05) is 11.9 Å². The fourth-order valence-electron chi connectivity index (χ4n) is 0.799. The van der Waals surface area contributed by atoms with E-state index < -0.39 is 0 Å². The fourth-order valence-corrected chi connectivity index (χ4v) is 1.39. The Hall–Kier alpha value is -1.03. The predicted molar refractivity (Wildman–Crippen MR) is 54.2 cm³/mol. The molecule has 1 rings (SSSR count). The van der Waals surface area contributed by atoms with Crippen LogP contribution in [-0.4, -0.2) is 12.7 Å². The Morgan fingerprint density at radius 1 is 1.69 bits per heavy atom. The second-order valence-corrected chi connectivity index (χ2v) is 3.41. The van der Waals surface area contributed by atoms with Crippen LogP contribution in [0.5, 0.6) is 0 Å². The Morgan fingerprint density at radius 2 is 2.54 bits per heavy atom. The average Bonchev–Trinajstić information content (AvgIpc) is 2.57. The van der Waals surface area contributed by atoms with Gasteiger partial charge in [0.05, 0.1) is 12.3 Å². The number of anilines is 1. The summed E-state index contributed by atoms with van der Waals surface area (Å²) in [6.07, 6.45) is 1.58. The molecule has 3 nitrogen and oxygen atoms in total. The molecule has 0 atom stereocenters. The van der Waals surface area contributed by atoms with Crippen LogP contribution in [0.3, 0.4) is 0 Å². The summed E-state index contributed by atoms with van der Waals surface area (Å²) in [5.41, 5.74) is 0.798. The third-order valence-electron chi connectivity index (χ3n) is 1.50. The normalized spacial score (nSPS) is 9.62. The molecule has 0 radical (unpaired) electrons. The highest BCUT2D eigenvalue weighted by molar-refractivity contribution is 7.08. The van der Waals surface area contributed by atoms with Crippen molar-refractivity contribution in [3.63, 3.8) is 0 Å². The van der Waals surface area contributed by atoms with Gasteiger partial charge in [-0.1, -0.05) is 13.3 Å². The molecule has 1 aromatic heterocycles. The van der Waals surface area contributed by atoms with Crippen molar-refractivity contribution in [3.05, 3.63) is 16.8 Å². The summed E-state index contributed by atoms with van der Waals surface area (Å²) in [7, 11) is 0. The highest BCUT2D eigenvalue weighted by Gasteiger charge is 2.01. The summed E-state index contributed by atoms with van der Waals surface area (Å²) in [4.78, 5) is 11.1. The number of amides is 1. The zero-order valence-electron chi connectivity index (χ0n) is 7.58. The molecule has 1 N–H and O–H groups in total. The molecular formula is C9H13NO2S. The summed E-state index contributed by atoms with van der Waals surface area (Å²) in [6, 6.07) is 1.84. The Kier molecular flexibility index (Phi) is 4.32. The minimum Gasteiger partial charge on any atom is -0.449 e. The summed E-state index contributed by atoms with van der Waals surface area (Å²) in [5.74, 6) is 0. The van der Waals surface area contributed by atoms with Crippen LogP contribution >= 0.6 is 11.3 Å². The van der Waals surface area contributed by atoms with Gasteiger partial charge in [-0.15, -0.1) is 0 Å². The van der Waals surface area contributed by atoms with Crippen LogP contribution in [0.4, 0.5) is 10.5 Å². The van der Waals surface area contributed by atoms with Gasteiger partial charge in [-0.05, 0) is 17.9 Å². The molecule has 13 heavy (non-hydrogen) atoms. The zero-order valence-corrected chi connectivity index (χ0v) is 8.39. The van der Waals surface area contributed by atoms with Crippen molar-refractivity contribution in [2.24, 2.45) is 0 Å². The molecule has 0 aromatic carbocycles. The maximum atomic E-state index is 11.1. The predicted octanol–water partition coefficient (Wildman–Crippen LogP) is 3.10. The SMILES string of the molecule is CCCCOC(=O)Nc1ccsc1. The first-order valence-corrected chi connectivity index (χ1v) is 5.23. The van der Waals surface area contributed by atoms with E-state index in [2.05, 4.69) is 12.2 Å². The summed E-state index contributed by atoms with van der Waals surface area (Å²) < 4.78 is 4.91. The van der Waals surface area contributed by atoms with E-state index in [1.165, 1.54) is 11.3 Å². The number of hydrogen-bond acceptors (Lipinski definition) is 3. The molecule has 0 unspecified atom stereocenters. The van der Waals surface area contributed by atoms with Crippen LogP contribution in [0.1, 0.15) is 19.8 Å². The van der Waals surface area contributed by atoms with Gasteiger partial charge in [-0.25, -0.2) is 4.79 Å². The van der Waals surface area contributed by atoms with Gasteiger partial charge < -0.3 is 4.74 Å². The van der Waals surface area contributed by atoms with Crippen LogP contribution in [0, 0.1) is 0 Å². The first-order valence-electron chi connectivity index (χ1n) is 4.29. The first-order chi connectivity index (χ1) is 6.33. The lowest BCUT2D eigenvalue weighted by molar-refractivity contribution is 0.160. The van der Waals surface area contributed by atoms with Gasteiger partial charge in [0.1, 0.15) is 0 Å². The fraction of sp³-hybridized carbons (Fsp3) is 0.444. The Labute approximate surface area is 81.7 Å². The number of thiophene rings is 1. The zero-order chi connectivity index (χ0) is 9.52. The van der Waals surface area contributed by atoms with E-state index in [1.54, 1.807) is 0 Å². The Bertz CT molecular complexity index is 246. The van der Waals surface area contributed by atoms with Gasteiger partial charge in [-0.3, -0.25) is 5.32 Å². The number of unbranched alkanes of at least 4 members (excludes halogenated alkanes) is 1. The number of carbonyl (C=O) groups excluding carboxylic acids is 1. The minimum atomic E-state index is -0.369. The van der Waals surface area contributed by atoms with E-state index in [0.29, 0.717) is 6.61 Å². The van der Waals surface area contributed by atoms with Gasteiger partial charge in [0.25, 0.3) is 0 Å². The van der Waals surface area contributed by atoms with Crippen LogP contribution in [0.2, 0.25) is 0 Å². The minimum absolute atomic E-state index is 0.369. The van der Waals surface area contributed by atoms with Crippen molar-refractivity contribution in [2.45, 2.75) is 19.8 Å². The molecule has 0 aliphatic rings. The second-order valence-electron chi connectivity index (χ2n) is 2.63.